The highest BCUT2D eigenvalue weighted by Crippen LogP contribution is 2.31. The zero-order chi connectivity index (χ0) is 17.2. The number of rotatable bonds is 3. The summed E-state index contributed by atoms with van der Waals surface area (Å²) in [5, 5.41) is 24.4. The number of carbonyl (C=O) groups is 1. The number of hydrogen-bond donors (Lipinski definition) is 3. The minimum absolute atomic E-state index is 0.299. The van der Waals surface area contributed by atoms with Crippen molar-refractivity contribution in [3.05, 3.63) is 47.0 Å². The summed E-state index contributed by atoms with van der Waals surface area (Å²) in [6.07, 6.45) is 4.39. The molecule has 0 spiro atoms. The summed E-state index contributed by atoms with van der Waals surface area (Å²) in [7, 11) is 0. The largest absolute Gasteiger partial charge is 0.390 e. The molecule has 0 fully saturated rings. The molecule has 25 heavy (non-hydrogen) atoms. The zero-order valence-corrected chi connectivity index (χ0v) is 14.1. The normalized spacial score (nSPS) is 22.0. The lowest BCUT2D eigenvalue weighted by Crippen LogP contribution is -2.41. The molecule has 4 rings (SSSR count). The Balaban J connectivity index is 1.38. The lowest BCUT2D eigenvalue weighted by Gasteiger charge is -2.18. The van der Waals surface area contributed by atoms with E-state index in [9.17, 15) is 9.90 Å². The summed E-state index contributed by atoms with van der Waals surface area (Å²) >= 11 is 0. The number of aliphatic hydroxyl groups excluding tert-OH is 1. The first-order chi connectivity index (χ1) is 12.2. The van der Waals surface area contributed by atoms with Crippen LogP contribution in [0.15, 0.2) is 24.3 Å². The minimum atomic E-state index is -0.590. The number of amides is 2. The molecule has 2 aliphatic rings. The van der Waals surface area contributed by atoms with Gasteiger partial charge in [-0.1, -0.05) is 30.7 Å². The van der Waals surface area contributed by atoms with Crippen molar-refractivity contribution in [3.8, 4) is 0 Å². The molecule has 7 nitrogen and oxygen atoms in total. The second-order valence-electron chi connectivity index (χ2n) is 6.77. The van der Waals surface area contributed by atoms with Gasteiger partial charge in [-0.25, -0.2) is 4.79 Å². The predicted octanol–water partition coefficient (Wildman–Crippen LogP) is 1.46. The molecule has 0 saturated carbocycles. The molecule has 0 unspecified atom stereocenters. The van der Waals surface area contributed by atoms with Gasteiger partial charge >= 0.3 is 6.03 Å². The van der Waals surface area contributed by atoms with Gasteiger partial charge in [-0.05, 0) is 24.0 Å². The molecule has 2 aromatic rings. The Morgan fingerprint density at radius 1 is 1.24 bits per heavy atom. The number of aryl methyl sites for hydroxylation is 1. The molecule has 0 saturated heterocycles. The van der Waals surface area contributed by atoms with E-state index in [0.717, 1.165) is 48.6 Å². The molecule has 1 aromatic carbocycles. The van der Waals surface area contributed by atoms with E-state index in [1.807, 2.05) is 24.3 Å². The van der Waals surface area contributed by atoms with Crippen molar-refractivity contribution in [1.29, 1.82) is 0 Å². The summed E-state index contributed by atoms with van der Waals surface area (Å²) in [5.74, 6) is 1.80. The second kappa shape index (κ2) is 6.84. The highest BCUT2D eigenvalue weighted by atomic mass is 16.3. The van der Waals surface area contributed by atoms with Gasteiger partial charge in [0.1, 0.15) is 5.82 Å². The summed E-state index contributed by atoms with van der Waals surface area (Å²) in [4.78, 5) is 12.3. The lowest BCUT2D eigenvalue weighted by molar-refractivity contribution is 0.142. The van der Waals surface area contributed by atoms with E-state index in [4.69, 9.17) is 0 Å². The first-order valence-corrected chi connectivity index (χ1v) is 8.93. The number of nitrogens with zero attached hydrogens (tertiary/aromatic N) is 3. The van der Waals surface area contributed by atoms with Crippen molar-refractivity contribution in [2.75, 3.05) is 0 Å². The molecule has 0 radical (unpaired) electrons. The molecule has 2 amide bonds. The predicted molar refractivity (Wildman–Crippen MR) is 91.8 cm³/mol. The third-order valence-corrected chi connectivity index (χ3v) is 5.08. The van der Waals surface area contributed by atoms with Crippen LogP contribution < -0.4 is 10.6 Å². The summed E-state index contributed by atoms with van der Waals surface area (Å²) < 4.78 is 2.12. The molecule has 2 atom stereocenters. The van der Waals surface area contributed by atoms with Crippen LogP contribution in [0.25, 0.3) is 0 Å². The van der Waals surface area contributed by atoms with Crippen molar-refractivity contribution < 1.29 is 9.90 Å². The minimum Gasteiger partial charge on any atom is -0.390 e. The van der Waals surface area contributed by atoms with E-state index in [2.05, 4.69) is 25.4 Å². The summed E-state index contributed by atoms with van der Waals surface area (Å²) in [6, 6.07) is 7.15. The molecular weight excluding hydrogens is 318 g/mol. The fraction of sp³-hybridized carbons (Fsp3) is 0.500. The zero-order valence-electron chi connectivity index (χ0n) is 14.1. The topological polar surface area (TPSA) is 92.1 Å². The van der Waals surface area contributed by atoms with Crippen molar-refractivity contribution in [3.63, 3.8) is 0 Å². The van der Waals surface area contributed by atoms with Crippen LogP contribution in [0.4, 0.5) is 4.79 Å². The highest BCUT2D eigenvalue weighted by Gasteiger charge is 2.31. The van der Waals surface area contributed by atoms with Crippen molar-refractivity contribution in [2.24, 2.45) is 0 Å². The third-order valence-electron chi connectivity index (χ3n) is 5.08. The van der Waals surface area contributed by atoms with Crippen molar-refractivity contribution in [1.82, 2.24) is 25.4 Å². The summed E-state index contributed by atoms with van der Waals surface area (Å²) in [6.45, 7) is 1.25. The summed E-state index contributed by atoms with van der Waals surface area (Å²) in [5.41, 5.74) is 2.07. The number of aliphatic hydroxyl groups is 1. The number of nitrogens with one attached hydrogen (secondary N) is 2. The molecule has 7 heteroatoms. The molecule has 1 aliphatic carbocycles. The molecule has 1 aliphatic heterocycles. The van der Waals surface area contributed by atoms with Crippen LogP contribution in [0.1, 0.15) is 48.1 Å². The number of benzene rings is 1. The highest BCUT2D eigenvalue weighted by molar-refractivity contribution is 5.74. The van der Waals surface area contributed by atoms with Gasteiger partial charge in [-0.15, -0.1) is 10.2 Å². The smallest absolute Gasteiger partial charge is 0.315 e. The SMILES string of the molecule is O=C(NCc1nnc2n1CCCCC2)N[C@@H]1c2ccccc2C[C@@H]1O. The Morgan fingerprint density at radius 3 is 3.04 bits per heavy atom. The maximum Gasteiger partial charge on any atom is 0.315 e. The van der Waals surface area contributed by atoms with E-state index in [1.54, 1.807) is 0 Å². The monoisotopic (exact) mass is 341 g/mol. The molecular formula is C18H23N5O2. The van der Waals surface area contributed by atoms with E-state index in [0.29, 0.717) is 13.0 Å². The van der Waals surface area contributed by atoms with Crippen LogP contribution in [0.3, 0.4) is 0 Å². The van der Waals surface area contributed by atoms with Gasteiger partial charge in [0.2, 0.25) is 0 Å². The first kappa shape index (κ1) is 16.1. The van der Waals surface area contributed by atoms with E-state index >= 15 is 0 Å². The van der Waals surface area contributed by atoms with Crippen molar-refractivity contribution in [2.45, 2.75) is 57.3 Å². The van der Waals surface area contributed by atoms with Crippen LogP contribution in [-0.4, -0.2) is 32.0 Å². The van der Waals surface area contributed by atoms with Gasteiger partial charge in [0.15, 0.2) is 5.82 Å². The van der Waals surface area contributed by atoms with Crippen molar-refractivity contribution >= 4 is 6.03 Å². The van der Waals surface area contributed by atoms with Gasteiger partial charge in [0.05, 0.1) is 18.7 Å². The standard InChI is InChI=1S/C18H23N5O2/c24-14-10-12-6-3-4-7-13(12)17(14)20-18(25)19-11-16-22-21-15-8-2-1-5-9-23(15)16/h3-4,6-7,14,17,24H,1-2,5,8-11H2,(H2,19,20,25)/t14-,17+/m0/s1. The Bertz CT molecular complexity index is 773. The lowest BCUT2D eigenvalue weighted by atomic mass is 10.1. The van der Waals surface area contributed by atoms with Gasteiger partial charge < -0.3 is 20.3 Å². The first-order valence-electron chi connectivity index (χ1n) is 8.93. The maximum absolute atomic E-state index is 12.3. The number of urea groups is 1. The van der Waals surface area contributed by atoms with Crippen LogP contribution in [0.5, 0.6) is 0 Å². The number of carbonyl (C=O) groups excluding carboxylic acids is 1. The Labute approximate surface area is 146 Å². The molecule has 3 N–H and O–H groups in total. The Hall–Kier alpha value is -2.41. The van der Waals surface area contributed by atoms with Crippen LogP contribution in [0, 0.1) is 0 Å². The maximum atomic E-state index is 12.3. The number of hydrogen-bond acceptors (Lipinski definition) is 4. The second-order valence-corrected chi connectivity index (χ2v) is 6.77. The average Bonchev–Trinajstić information content (AvgIpc) is 3.04. The van der Waals surface area contributed by atoms with Crippen LogP contribution >= 0.6 is 0 Å². The van der Waals surface area contributed by atoms with Crippen LogP contribution in [-0.2, 0) is 25.9 Å². The van der Waals surface area contributed by atoms with E-state index in [1.165, 1.54) is 6.42 Å². The molecule has 2 heterocycles. The quantitative estimate of drug-likeness (QED) is 0.788. The van der Waals surface area contributed by atoms with E-state index < -0.39 is 6.10 Å². The fourth-order valence-electron chi connectivity index (χ4n) is 3.78. The number of aromatic nitrogens is 3. The fourth-order valence-corrected chi connectivity index (χ4v) is 3.78. The Kier molecular flexibility index (Phi) is 4.40. The molecule has 1 aromatic heterocycles. The van der Waals surface area contributed by atoms with Gasteiger partial charge in [0, 0.05) is 19.4 Å². The van der Waals surface area contributed by atoms with Gasteiger partial charge in [-0.3, -0.25) is 0 Å². The number of fused-ring (bicyclic) bond motifs is 2. The van der Waals surface area contributed by atoms with Gasteiger partial charge in [0.25, 0.3) is 0 Å². The van der Waals surface area contributed by atoms with Gasteiger partial charge in [-0.2, -0.15) is 0 Å². The third kappa shape index (κ3) is 3.24. The molecule has 0 bridgehead atoms. The Morgan fingerprint density at radius 2 is 2.12 bits per heavy atom. The van der Waals surface area contributed by atoms with E-state index in [-0.39, 0.29) is 12.1 Å². The van der Waals surface area contributed by atoms with Crippen LogP contribution in [0.2, 0.25) is 0 Å². The average molecular weight is 341 g/mol. The molecule has 132 valence electrons.